The zero-order chi connectivity index (χ0) is 10.6. The highest BCUT2D eigenvalue weighted by Crippen LogP contribution is 2.22. The largest absolute Gasteiger partial charge is 0.478 e. The summed E-state index contributed by atoms with van der Waals surface area (Å²) < 4.78 is 0. The van der Waals surface area contributed by atoms with E-state index >= 15 is 0 Å². The molecule has 3 N–H and O–H groups in total. The van der Waals surface area contributed by atoms with Crippen LogP contribution in [0.1, 0.15) is 17.3 Å². The van der Waals surface area contributed by atoms with Gasteiger partial charge in [-0.2, -0.15) is 0 Å². The normalized spacial score (nSPS) is 9.50. The third kappa shape index (κ3) is 2.46. The number of carboxylic acid groups (broad SMARTS) is 1. The molecule has 76 valence electrons. The number of carbonyl (C=O) groups is 2. The molecule has 5 nitrogen and oxygen atoms in total. The Balaban J connectivity index is 2.71. The van der Waals surface area contributed by atoms with Gasteiger partial charge in [-0.15, -0.1) is 11.3 Å². The Bertz CT molecular complexity index is 348. The SMILES string of the molecule is CCNC(=O)Nc1sccc1C(=O)O. The first-order valence-electron chi connectivity index (χ1n) is 4.00. The van der Waals surface area contributed by atoms with Crippen molar-refractivity contribution in [3.05, 3.63) is 17.0 Å². The van der Waals surface area contributed by atoms with Crippen LogP contribution in [-0.2, 0) is 0 Å². The van der Waals surface area contributed by atoms with Crippen molar-refractivity contribution >= 4 is 28.3 Å². The molecule has 0 fully saturated rings. The van der Waals surface area contributed by atoms with E-state index in [4.69, 9.17) is 5.11 Å². The van der Waals surface area contributed by atoms with E-state index in [0.717, 1.165) is 0 Å². The number of aromatic carboxylic acids is 1. The second kappa shape index (κ2) is 4.61. The highest BCUT2D eigenvalue weighted by atomic mass is 32.1. The fraction of sp³-hybridized carbons (Fsp3) is 0.250. The lowest BCUT2D eigenvalue weighted by atomic mass is 10.3. The van der Waals surface area contributed by atoms with Gasteiger partial charge in [0.05, 0.1) is 5.56 Å². The highest BCUT2D eigenvalue weighted by molar-refractivity contribution is 7.14. The van der Waals surface area contributed by atoms with Crippen molar-refractivity contribution in [3.63, 3.8) is 0 Å². The van der Waals surface area contributed by atoms with E-state index in [1.165, 1.54) is 17.4 Å². The van der Waals surface area contributed by atoms with Crippen LogP contribution in [0, 0.1) is 0 Å². The van der Waals surface area contributed by atoms with Gasteiger partial charge in [0.2, 0.25) is 0 Å². The molecule has 0 aliphatic rings. The molecule has 1 aromatic rings. The molecule has 14 heavy (non-hydrogen) atoms. The molecule has 0 aliphatic carbocycles. The predicted octanol–water partition coefficient (Wildman–Crippen LogP) is 1.59. The first kappa shape index (κ1) is 10.5. The standard InChI is InChI=1S/C8H10N2O3S/c1-2-9-8(13)10-6-5(7(11)12)3-4-14-6/h3-4H,2H2,1H3,(H,11,12)(H2,9,10,13). The second-order valence-corrected chi connectivity index (χ2v) is 3.37. The second-order valence-electron chi connectivity index (χ2n) is 2.45. The van der Waals surface area contributed by atoms with Crippen LogP contribution in [0.25, 0.3) is 0 Å². The minimum absolute atomic E-state index is 0.112. The summed E-state index contributed by atoms with van der Waals surface area (Å²) in [6.45, 7) is 2.28. The van der Waals surface area contributed by atoms with E-state index in [0.29, 0.717) is 11.5 Å². The summed E-state index contributed by atoms with van der Waals surface area (Å²) in [6.07, 6.45) is 0. The van der Waals surface area contributed by atoms with Gasteiger partial charge < -0.3 is 10.4 Å². The van der Waals surface area contributed by atoms with Gasteiger partial charge in [0.25, 0.3) is 0 Å². The smallest absolute Gasteiger partial charge is 0.338 e. The van der Waals surface area contributed by atoms with Crippen LogP contribution in [0.5, 0.6) is 0 Å². The number of urea groups is 1. The van der Waals surface area contributed by atoms with Crippen molar-refractivity contribution in [3.8, 4) is 0 Å². The minimum Gasteiger partial charge on any atom is -0.478 e. The maximum absolute atomic E-state index is 11.1. The first-order valence-corrected chi connectivity index (χ1v) is 4.88. The molecule has 0 bridgehead atoms. The van der Waals surface area contributed by atoms with Gasteiger partial charge in [0, 0.05) is 6.54 Å². The number of thiophene rings is 1. The third-order valence-corrected chi connectivity index (χ3v) is 2.29. The molecule has 0 atom stereocenters. The number of anilines is 1. The Kier molecular flexibility index (Phi) is 3.47. The molecule has 0 radical (unpaired) electrons. The Morgan fingerprint density at radius 1 is 1.57 bits per heavy atom. The van der Waals surface area contributed by atoms with Crippen molar-refractivity contribution in [2.75, 3.05) is 11.9 Å². The van der Waals surface area contributed by atoms with Crippen LogP contribution in [0.3, 0.4) is 0 Å². The Morgan fingerprint density at radius 3 is 2.86 bits per heavy atom. The zero-order valence-electron chi connectivity index (χ0n) is 7.53. The van der Waals surface area contributed by atoms with Crippen LogP contribution in [0.2, 0.25) is 0 Å². The number of hydrogen-bond donors (Lipinski definition) is 3. The maximum Gasteiger partial charge on any atom is 0.338 e. The lowest BCUT2D eigenvalue weighted by molar-refractivity contribution is 0.0698. The molecule has 1 rings (SSSR count). The van der Waals surface area contributed by atoms with Gasteiger partial charge in [-0.25, -0.2) is 9.59 Å². The summed E-state index contributed by atoms with van der Waals surface area (Å²) in [6, 6.07) is 1.06. The monoisotopic (exact) mass is 214 g/mol. The topological polar surface area (TPSA) is 78.4 Å². The molecule has 0 aliphatic heterocycles. The third-order valence-electron chi connectivity index (χ3n) is 1.46. The number of rotatable bonds is 3. The Hall–Kier alpha value is -1.56. The van der Waals surface area contributed by atoms with E-state index in [1.807, 2.05) is 0 Å². The number of nitrogens with one attached hydrogen (secondary N) is 2. The zero-order valence-corrected chi connectivity index (χ0v) is 8.35. The molecule has 0 saturated heterocycles. The van der Waals surface area contributed by atoms with Gasteiger partial charge in [-0.3, -0.25) is 5.32 Å². The van der Waals surface area contributed by atoms with E-state index in [2.05, 4.69) is 10.6 Å². The molecule has 0 spiro atoms. The molecule has 1 aromatic heterocycles. The molecular formula is C8H10N2O3S. The average molecular weight is 214 g/mol. The maximum atomic E-state index is 11.1. The minimum atomic E-state index is -1.04. The summed E-state index contributed by atoms with van der Waals surface area (Å²) in [5, 5.41) is 15.7. The van der Waals surface area contributed by atoms with E-state index in [1.54, 1.807) is 12.3 Å². The number of amides is 2. The van der Waals surface area contributed by atoms with Gasteiger partial charge in [-0.05, 0) is 18.4 Å². The number of hydrogen-bond acceptors (Lipinski definition) is 3. The number of carboxylic acids is 1. The van der Waals surface area contributed by atoms with Crippen LogP contribution in [0.15, 0.2) is 11.4 Å². The van der Waals surface area contributed by atoms with Crippen LogP contribution >= 0.6 is 11.3 Å². The van der Waals surface area contributed by atoms with Crippen molar-refractivity contribution in [1.29, 1.82) is 0 Å². The molecule has 2 amide bonds. The number of carbonyl (C=O) groups excluding carboxylic acids is 1. The predicted molar refractivity (Wildman–Crippen MR) is 54.0 cm³/mol. The molecule has 0 aromatic carbocycles. The highest BCUT2D eigenvalue weighted by Gasteiger charge is 2.12. The summed E-state index contributed by atoms with van der Waals surface area (Å²) in [7, 11) is 0. The Labute approximate surface area is 84.7 Å². The van der Waals surface area contributed by atoms with Gasteiger partial charge in [0.1, 0.15) is 5.00 Å². The summed E-state index contributed by atoms with van der Waals surface area (Å²) in [5.74, 6) is -1.04. The van der Waals surface area contributed by atoms with Gasteiger partial charge >= 0.3 is 12.0 Å². The van der Waals surface area contributed by atoms with Gasteiger partial charge in [0.15, 0.2) is 0 Å². The quantitative estimate of drug-likeness (QED) is 0.714. The fourth-order valence-corrected chi connectivity index (χ4v) is 1.66. The van der Waals surface area contributed by atoms with Crippen molar-refractivity contribution in [2.24, 2.45) is 0 Å². The fourth-order valence-electron chi connectivity index (χ4n) is 0.882. The summed E-state index contributed by atoms with van der Waals surface area (Å²) >= 11 is 1.18. The molecular weight excluding hydrogens is 204 g/mol. The van der Waals surface area contributed by atoms with Crippen LogP contribution in [0.4, 0.5) is 9.80 Å². The van der Waals surface area contributed by atoms with E-state index in [-0.39, 0.29) is 5.56 Å². The van der Waals surface area contributed by atoms with Crippen molar-refractivity contribution in [1.82, 2.24) is 5.32 Å². The van der Waals surface area contributed by atoms with Crippen LogP contribution in [-0.4, -0.2) is 23.7 Å². The Morgan fingerprint density at radius 2 is 2.29 bits per heavy atom. The molecule has 1 heterocycles. The van der Waals surface area contributed by atoms with E-state index in [9.17, 15) is 9.59 Å². The van der Waals surface area contributed by atoms with Crippen molar-refractivity contribution in [2.45, 2.75) is 6.92 Å². The lowest BCUT2D eigenvalue weighted by Crippen LogP contribution is -2.28. The average Bonchev–Trinajstić information content (AvgIpc) is 2.52. The first-order chi connectivity index (χ1) is 6.65. The van der Waals surface area contributed by atoms with Crippen molar-refractivity contribution < 1.29 is 14.7 Å². The molecule has 0 saturated carbocycles. The summed E-state index contributed by atoms with van der Waals surface area (Å²) in [4.78, 5) is 21.7. The lowest BCUT2D eigenvalue weighted by Gasteiger charge is -2.03. The molecule has 0 unspecified atom stereocenters. The van der Waals surface area contributed by atoms with Gasteiger partial charge in [-0.1, -0.05) is 0 Å². The van der Waals surface area contributed by atoms with Crippen LogP contribution < -0.4 is 10.6 Å². The van der Waals surface area contributed by atoms with E-state index < -0.39 is 12.0 Å². The summed E-state index contributed by atoms with van der Waals surface area (Å²) in [5.41, 5.74) is 0.112. The molecule has 6 heteroatoms.